The van der Waals surface area contributed by atoms with Gasteiger partial charge in [-0.2, -0.15) is 0 Å². The summed E-state index contributed by atoms with van der Waals surface area (Å²) in [4.78, 5) is 14.7. The van der Waals surface area contributed by atoms with Gasteiger partial charge in [-0.3, -0.25) is 9.69 Å². The molecule has 3 rings (SSSR count). The zero-order valence-corrected chi connectivity index (χ0v) is 15.5. The van der Waals surface area contributed by atoms with E-state index in [0.29, 0.717) is 6.61 Å². The minimum absolute atomic E-state index is 0.0723. The molecule has 2 atom stereocenters. The molecule has 0 saturated carbocycles. The van der Waals surface area contributed by atoms with Crippen LogP contribution in [-0.2, 0) is 16.1 Å². The molecule has 0 unspecified atom stereocenters. The maximum absolute atomic E-state index is 12.4. The fourth-order valence-corrected chi connectivity index (χ4v) is 3.38. The lowest BCUT2D eigenvalue weighted by Gasteiger charge is -2.17. The van der Waals surface area contributed by atoms with E-state index in [1.165, 1.54) is 11.1 Å². The van der Waals surface area contributed by atoms with Crippen LogP contribution in [0.25, 0.3) is 0 Å². The van der Waals surface area contributed by atoms with Gasteiger partial charge in [0.15, 0.2) is 0 Å². The van der Waals surface area contributed by atoms with Crippen LogP contribution in [0.2, 0.25) is 0 Å². The predicted octanol–water partition coefficient (Wildman–Crippen LogP) is 4.49. The highest BCUT2D eigenvalue weighted by molar-refractivity contribution is 5.74. The monoisotopic (exact) mass is 339 g/mol. The first-order chi connectivity index (χ1) is 12.3. The standard InChI is InChI=1S/C20H23NO2.C2H6/c1-2-23-20(22)19-15-21(13-16-9-5-3-6-10-16)14-18(19)17-11-7-4-8-12-17;1-2/h3-12,18-19H,2,13-15H2,1H3;1-2H3/t18-,19+;/m0./s1. The molecule has 1 aliphatic heterocycles. The maximum Gasteiger partial charge on any atom is 0.310 e. The number of hydrogen-bond donors (Lipinski definition) is 0. The minimum Gasteiger partial charge on any atom is -0.466 e. The van der Waals surface area contributed by atoms with E-state index in [0.717, 1.165) is 19.6 Å². The van der Waals surface area contributed by atoms with Gasteiger partial charge < -0.3 is 4.74 Å². The third-order valence-corrected chi connectivity index (χ3v) is 4.46. The molecule has 0 N–H and O–H groups in total. The zero-order valence-electron chi connectivity index (χ0n) is 15.5. The first-order valence-corrected chi connectivity index (χ1v) is 9.25. The Morgan fingerprint density at radius 3 is 2.20 bits per heavy atom. The Labute approximate surface area is 151 Å². The number of carbonyl (C=O) groups is 1. The van der Waals surface area contributed by atoms with E-state index >= 15 is 0 Å². The highest BCUT2D eigenvalue weighted by Crippen LogP contribution is 2.34. The molecule has 0 bridgehead atoms. The second-order valence-corrected chi connectivity index (χ2v) is 6.06. The normalized spacial score (nSPS) is 19.8. The molecular formula is C22H29NO2. The number of ether oxygens (including phenoxy) is 1. The summed E-state index contributed by atoms with van der Waals surface area (Å²) < 4.78 is 5.31. The quantitative estimate of drug-likeness (QED) is 0.752. The second-order valence-electron chi connectivity index (χ2n) is 6.06. The third-order valence-electron chi connectivity index (χ3n) is 4.46. The van der Waals surface area contributed by atoms with Crippen molar-refractivity contribution in [2.75, 3.05) is 19.7 Å². The van der Waals surface area contributed by atoms with E-state index in [1.807, 2.05) is 45.0 Å². The molecular weight excluding hydrogens is 310 g/mol. The first-order valence-electron chi connectivity index (χ1n) is 9.25. The van der Waals surface area contributed by atoms with Gasteiger partial charge in [0.25, 0.3) is 0 Å². The minimum atomic E-state index is -0.0823. The van der Waals surface area contributed by atoms with Crippen molar-refractivity contribution >= 4 is 5.97 Å². The molecule has 1 saturated heterocycles. The predicted molar refractivity (Wildman–Crippen MR) is 102 cm³/mol. The summed E-state index contributed by atoms with van der Waals surface area (Å²) in [6.45, 7) is 8.83. The van der Waals surface area contributed by atoms with Gasteiger partial charge >= 0.3 is 5.97 Å². The van der Waals surface area contributed by atoms with Crippen molar-refractivity contribution in [3.63, 3.8) is 0 Å². The summed E-state index contributed by atoms with van der Waals surface area (Å²) in [6.07, 6.45) is 0. The van der Waals surface area contributed by atoms with Gasteiger partial charge in [0.05, 0.1) is 12.5 Å². The van der Waals surface area contributed by atoms with Gasteiger partial charge in [-0.15, -0.1) is 0 Å². The Hall–Kier alpha value is -2.13. The van der Waals surface area contributed by atoms with E-state index in [4.69, 9.17) is 4.74 Å². The molecule has 1 fully saturated rings. The first kappa shape index (κ1) is 19.2. The van der Waals surface area contributed by atoms with Crippen LogP contribution in [0.15, 0.2) is 60.7 Å². The lowest BCUT2D eigenvalue weighted by molar-refractivity contribution is -0.148. The van der Waals surface area contributed by atoms with Crippen molar-refractivity contribution < 1.29 is 9.53 Å². The molecule has 1 aliphatic rings. The number of esters is 1. The highest BCUT2D eigenvalue weighted by Gasteiger charge is 2.39. The van der Waals surface area contributed by atoms with Crippen molar-refractivity contribution in [3.8, 4) is 0 Å². The summed E-state index contributed by atoms with van der Waals surface area (Å²) in [5, 5.41) is 0. The topological polar surface area (TPSA) is 29.5 Å². The molecule has 0 amide bonds. The lowest BCUT2D eigenvalue weighted by atomic mass is 9.89. The summed E-state index contributed by atoms with van der Waals surface area (Å²) in [7, 11) is 0. The van der Waals surface area contributed by atoms with Gasteiger partial charge in [0.2, 0.25) is 0 Å². The van der Waals surface area contributed by atoms with E-state index in [-0.39, 0.29) is 17.8 Å². The van der Waals surface area contributed by atoms with Crippen LogP contribution in [0.3, 0.4) is 0 Å². The number of carbonyl (C=O) groups excluding carboxylic acids is 1. The van der Waals surface area contributed by atoms with E-state index < -0.39 is 0 Å². The van der Waals surface area contributed by atoms with Crippen LogP contribution < -0.4 is 0 Å². The van der Waals surface area contributed by atoms with Crippen molar-refractivity contribution in [3.05, 3.63) is 71.8 Å². The summed E-state index contributed by atoms with van der Waals surface area (Å²) >= 11 is 0. The Balaban J connectivity index is 0.00000109. The Morgan fingerprint density at radius 2 is 1.60 bits per heavy atom. The van der Waals surface area contributed by atoms with Crippen LogP contribution in [0.4, 0.5) is 0 Å². The largest absolute Gasteiger partial charge is 0.466 e. The fourth-order valence-electron chi connectivity index (χ4n) is 3.38. The lowest BCUT2D eigenvalue weighted by Crippen LogP contribution is -2.25. The molecule has 2 aromatic rings. The van der Waals surface area contributed by atoms with Crippen LogP contribution in [0.1, 0.15) is 37.8 Å². The van der Waals surface area contributed by atoms with Gasteiger partial charge in [-0.25, -0.2) is 0 Å². The van der Waals surface area contributed by atoms with Gasteiger partial charge in [-0.1, -0.05) is 74.5 Å². The molecule has 1 heterocycles. The van der Waals surface area contributed by atoms with Gasteiger partial charge in [-0.05, 0) is 18.1 Å². The van der Waals surface area contributed by atoms with Crippen molar-refractivity contribution in [1.82, 2.24) is 4.90 Å². The maximum atomic E-state index is 12.4. The van der Waals surface area contributed by atoms with E-state index in [9.17, 15) is 4.79 Å². The summed E-state index contributed by atoms with van der Waals surface area (Å²) in [6, 6.07) is 20.7. The SMILES string of the molecule is CC.CCOC(=O)[C@@H]1CN(Cc2ccccc2)C[C@H]1c1ccccc1. The van der Waals surface area contributed by atoms with Crippen molar-refractivity contribution in [1.29, 1.82) is 0 Å². The van der Waals surface area contributed by atoms with Gasteiger partial charge in [0.1, 0.15) is 0 Å². The van der Waals surface area contributed by atoms with E-state index in [2.05, 4.69) is 41.3 Å². The third kappa shape index (κ3) is 5.17. The van der Waals surface area contributed by atoms with Crippen LogP contribution in [-0.4, -0.2) is 30.6 Å². The second kappa shape index (κ2) is 10.00. The van der Waals surface area contributed by atoms with Crippen molar-refractivity contribution in [2.24, 2.45) is 5.92 Å². The number of likely N-dealkylation sites (tertiary alicyclic amines) is 1. The average molecular weight is 339 g/mol. The zero-order chi connectivity index (χ0) is 18.1. The highest BCUT2D eigenvalue weighted by atomic mass is 16.5. The van der Waals surface area contributed by atoms with Crippen molar-refractivity contribution in [2.45, 2.75) is 33.2 Å². The van der Waals surface area contributed by atoms with Crippen LogP contribution in [0.5, 0.6) is 0 Å². The number of nitrogens with zero attached hydrogens (tertiary/aromatic N) is 1. The van der Waals surface area contributed by atoms with Crippen LogP contribution in [0, 0.1) is 5.92 Å². The molecule has 2 aromatic carbocycles. The Kier molecular flexibility index (Phi) is 7.68. The Morgan fingerprint density at radius 1 is 1.00 bits per heavy atom. The average Bonchev–Trinajstić information content (AvgIpc) is 3.09. The summed E-state index contributed by atoms with van der Waals surface area (Å²) in [5.41, 5.74) is 2.50. The van der Waals surface area contributed by atoms with Gasteiger partial charge in [0, 0.05) is 25.6 Å². The fraction of sp³-hybridized carbons (Fsp3) is 0.409. The molecule has 25 heavy (non-hydrogen) atoms. The molecule has 3 heteroatoms. The number of rotatable bonds is 5. The van der Waals surface area contributed by atoms with Crippen LogP contribution >= 0.6 is 0 Å². The smallest absolute Gasteiger partial charge is 0.310 e. The molecule has 0 aromatic heterocycles. The van der Waals surface area contributed by atoms with E-state index in [1.54, 1.807) is 0 Å². The molecule has 0 aliphatic carbocycles. The molecule has 0 radical (unpaired) electrons. The molecule has 134 valence electrons. The Bertz CT molecular complexity index is 627. The molecule has 0 spiro atoms. The number of benzene rings is 2. The molecule has 3 nitrogen and oxygen atoms in total. The summed E-state index contributed by atoms with van der Waals surface area (Å²) in [5.74, 6) is 0.0527. The number of hydrogen-bond acceptors (Lipinski definition) is 3.